The van der Waals surface area contributed by atoms with Gasteiger partial charge in [-0.3, -0.25) is 4.98 Å². The highest BCUT2D eigenvalue weighted by molar-refractivity contribution is 7.17. The first-order chi connectivity index (χ1) is 4.86. The van der Waals surface area contributed by atoms with Crippen LogP contribution in [0.25, 0.3) is 10.2 Å². The predicted octanol–water partition coefficient (Wildman–Crippen LogP) is 2.44. The molecule has 0 bridgehead atoms. The molecule has 2 aromatic heterocycles. The number of hydrogen-bond acceptors (Lipinski definition) is 2. The van der Waals surface area contributed by atoms with Crippen molar-refractivity contribution < 1.29 is 4.39 Å². The van der Waals surface area contributed by atoms with Crippen LogP contribution in [0.3, 0.4) is 0 Å². The zero-order valence-corrected chi connectivity index (χ0v) is 5.86. The van der Waals surface area contributed by atoms with Crippen molar-refractivity contribution in [2.75, 3.05) is 0 Å². The average molecular weight is 153 g/mol. The van der Waals surface area contributed by atoms with Crippen LogP contribution >= 0.6 is 11.3 Å². The predicted molar refractivity (Wildman–Crippen MR) is 39.6 cm³/mol. The van der Waals surface area contributed by atoms with Gasteiger partial charge in [-0.2, -0.15) is 4.39 Å². The lowest BCUT2D eigenvalue weighted by atomic mass is 10.4. The molecular weight excluding hydrogens is 149 g/mol. The Balaban J connectivity index is 2.88. The lowest BCUT2D eigenvalue weighted by molar-refractivity contribution is 0.658. The van der Waals surface area contributed by atoms with Crippen LogP contribution in [0.15, 0.2) is 24.4 Å². The van der Waals surface area contributed by atoms with E-state index in [1.807, 2.05) is 6.07 Å². The molecule has 0 atom stereocenters. The molecule has 0 aliphatic carbocycles. The maximum absolute atomic E-state index is 12.5. The van der Waals surface area contributed by atoms with E-state index in [9.17, 15) is 4.39 Å². The lowest BCUT2D eigenvalue weighted by Gasteiger charge is -1.81. The van der Waals surface area contributed by atoms with E-state index < -0.39 is 0 Å². The Bertz CT molecular complexity index is 322. The van der Waals surface area contributed by atoms with Crippen molar-refractivity contribution in [2.24, 2.45) is 0 Å². The van der Waals surface area contributed by atoms with Crippen LogP contribution in [0.4, 0.5) is 4.39 Å². The highest BCUT2D eigenvalue weighted by Gasteiger charge is 1.98. The Hall–Kier alpha value is -0.960. The van der Waals surface area contributed by atoms with Crippen LogP contribution in [0.1, 0.15) is 0 Å². The third kappa shape index (κ3) is 0.789. The van der Waals surface area contributed by atoms with Gasteiger partial charge in [0, 0.05) is 12.3 Å². The van der Waals surface area contributed by atoms with Crippen molar-refractivity contribution in [3.05, 3.63) is 29.5 Å². The minimum Gasteiger partial charge on any atom is -0.255 e. The Morgan fingerprint density at radius 1 is 1.50 bits per heavy atom. The Morgan fingerprint density at radius 3 is 3.20 bits per heavy atom. The van der Waals surface area contributed by atoms with Gasteiger partial charge in [-0.1, -0.05) is 0 Å². The molecule has 1 nitrogen and oxygen atoms in total. The molecule has 0 aromatic carbocycles. The van der Waals surface area contributed by atoms with E-state index in [1.54, 1.807) is 12.3 Å². The van der Waals surface area contributed by atoms with Crippen LogP contribution in [0, 0.1) is 5.13 Å². The normalized spacial score (nSPS) is 10.5. The van der Waals surface area contributed by atoms with Crippen molar-refractivity contribution in [3.8, 4) is 0 Å². The molecule has 0 amide bonds. The minimum absolute atomic E-state index is 0.172. The SMILES string of the molecule is Fc1cc2ncccc2s1. The molecule has 2 heterocycles. The largest absolute Gasteiger partial charge is 0.255 e. The average Bonchev–Trinajstić information content (AvgIpc) is 2.27. The van der Waals surface area contributed by atoms with Gasteiger partial charge in [-0.25, -0.2) is 0 Å². The van der Waals surface area contributed by atoms with E-state index in [4.69, 9.17) is 0 Å². The third-order valence-electron chi connectivity index (χ3n) is 1.26. The number of aromatic nitrogens is 1. The van der Waals surface area contributed by atoms with Gasteiger partial charge in [0.15, 0.2) is 5.13 Å². The van der Waals surface area contributed by atoms with Crippen molar-refractivity contribution in [2.45, 2.75) is 0 Å². The Kier molecular flexibility index (Phi) is 1.17. The summed E-state index contributed by atoms with van der Waals surface area (Å²) in [6, 6.07) is 5.11. The molecule has 3 heteroatoms. The lowest BCUT2D eigenvalue weighted by Crippen LogP contribution is -1.66. The first-order valence-corrected chi connectivity index (χ1v) is 3.68. The van der Waals surface area contributed by atoms with Crippen molar-refractivity contribution in [1.29, 1.82) is 0 Å². The Morgan fingerprint density at radius 2 is 2.40 bits per heavy atom. The van der Waals surface area contributed by atoms with Crippen LogP contribution < -0.4 is 0 Å². The van der Waals surface area contributed by atoms with E-state index in [-0.39, 0.29) is 5.13 Å². The van der Waals surface area contributed by atoms with Gasteiger partial charge in [-0.05, 0) is 12.1 Å². The molecule has 50 valence electrons. The molecule has 0 fully saturated rings. The summed E-state index contributed by atoms with van der Waals surface area (Å²) >= 11 is 1.12. The summed E-state index contributed by atoms with van der Waals surface area (Å²) in [6.45, 7) is 0. The van der Waals surface area contributed by atoms with Gasteiger partial charge in [0.25, 0.3) is 0 Å². The molecule has 0 aliphatic rings. The summed E-state index contributed by atoms with van der Waals surface area (Å²) in [7, 11) is 0. The quantitative estimate of drug-likeness (QED) is 0.566. The van der Waals surface area contributed by atoms with E-state index in [0.717, 1.165) is 21.6 Å². The van der Waals surface area contributed by atoms with Crippen LogP contribution in [-0.2, 0) is 0 Å². The van der Waals surface area contributed by atoms with Crippen LogP contribution in [-0.4, -0.2) is 4.98 Å². The second kappa shape index (κ2) is 2.02. The number of rotatable bonds is 0. The number of hydrogen-bond donors (Lipinski definition) is 0. The maximum Gasteiger partial charge on any atom is 0.179 e. The standard InChI is InChI=1S/C7H4FNS/c8-7-4-5-6(10-7)2-1-3-9-5/h1-4H. The maximum atomic E-state index is 12.5. The van der Waals surface area contributed by atoms with Gasteiger partial charge in [0.1, 0.15) is 0 Å². The second-order valence-electron chi connectivity index (χ2n) is 1.94. The molecule has 2 aromatic rings. The van der Waals surface area contributed by atoms with Crippen LogP contribution in [0.5, 0.6) is 0 Å². The zero-order chi connectivity index (χ0) is 6.97. The van der Waals surface area contributed by atoms with E-state index in [1.165, 1.54) is 6.07 Å². The topological polar surface area (TPSA) is 12.9 Å². The molecule has 0 saturated carbocycles. The first-order valence-electron chi connectivity index (χ1n) is 2.86. The fourth-order valence-corrected chi connectivity index (χ4v) is 1.58. The highest BCUT2D eigenvalue weighted by atomic mass is 32.1. The molecule has 0 aliphatic heterocycles. The summed E-state index contributed by atoms with van der Waals surface area (Å²) < 4.78 is 13.4. The molecule has 0 N–H and O–H groups in total. The molecule has 10 heavy (non-hydrogen) atoms. The van der Waals surface area contributed by atoms with E-state index >= 15 is 0 Å². The fourth-order valence-electron chi connectivity index (χ4n) is 0.839. The minimum atomic E-state index is -0.172. The third-order valence-corrected chi connectivity index (χ3v) is 2.14. The summed E-state index contributed by atoms with van der Waals surface area (Å²) in [6.07, 6.45) is 1.66. The van der Waals surface area contributed by atoms with Crippen molar-refractivity contribution >= 4 is 21.6 Å². The number of halogens is 1. The smallest absolute Gasteiger partial charge is 0.179 e. The Labute approximate surface area is 61.1 Å². The summed E-state index contributed by atoms with van der Waals surface area (Å²) in [5.41, 5.74) is 0.741. The number of pyridine rings is 1. The van der Waals surface area contributed by atoms with E-state index in [2.05, 4.69) is 4.98 Å². The number of nitrogens with zero attached hydrogens (tertiary/aromatic N) is 1. The van der Waals surface area contributed by atoms with E-state index in [0.29, 0.717) is 0 Å². The molecule has 2 rings (SSSR count). The monoisotopic (exact) mass is 153 g/mol. The summed E-state index contributed by atoms with van der Waals surface area (Å²) in [5, 5.41) is -0.172. The van der Waals surface area contributed by atoms with Gasteiger partial charge < -0.3 is 0 Å². The molecule has 0 unspecified atom stereocenters. The van der Waals surface area contributed by atoms with Crippen molar-refractivity contribution in [3.63, 3.8) is 0 Å². The molecule has 0 radical (unpaired) electrons. The van der Waals surface area contributed by atoms with Gasteiger partial charge in [-0.15, -0.1) is 11.3 Å². The summed E-state index contributed by atoms with van der Waals surface area (Å²) in [4.78, 5) is 3.97. The second-order valence-corrected chi connectivity index (χ2v) is 2.97. The number of thiophene rings is 1. The van der Waals surface area contributed by atoms with Gasteiger partial charge in [0.05, 0.1) is 10.2 Å². The molecular formula is C7H4FNS. The van der Waals surface area contributed by atoms with Gasteiger partial charge in [0.2, 0.25) is 0 Å². The molecule has 0 spiro atoms. The zero-order valence-electron chi connectivity index (χ0n) is 5.04. The highest BCUT2D eigenvalue weighted by Crippen LogP contribution is 2.21. The van der Waals surface area contributed by atoms with Crippen molar-refractivity contribution in [1.82, 2.24) is 4.98 Å². The van der Waals surface area contributed by atoms with Gasteiger partial charge >= 0.3 is 0 Å². The fraction of sp³-hybridized carbons (Fsp3) is 0. The van der Waals surface area contributed by atoms with Crippen LogP contribution in [0.2, 0.25) is 0 Å². The summed E-state index contributed by atoms with van der Waals surface area (Å²) in [5.74, 6) is 0. The molecule has 0 saturated heterocycles. The number of fused-ring (bicyclic) bond motifs is 1. The first kappa shape index (κ1) is 5.80.